The number of carbonyl (C=O) groups is 1. The number of hydrogen-bond acceptors (Lipinski definition) is 3. The molecule has 0 aliphatic carbocycles. The summed E-state index contributed by atoms with van der Waals surface area (Å²) in [6.07, 6.45) is 5.36. The number of anilines is 1. The second kappa shape index (κ2) is 6.57. The number of nitrogens with zero attached hydrogens (tertiary/aromatic N) is 1. The van der Waals surface area contributed by atoms with Gasteiger partial charge in [-0.15, -0.1) is 0 Å². The molecule has 1 unspecified atom stereocenters. The Kier molecular flexibility index (Phi) is 4.79. The summed E-state index contributed by atoms with van der Waals surface area (Å²) in [6, 6.07) is 6.13. The summed E-state index contributed by atoms with van der Waals surface area (Å²) < 4.78 is 5.44. The number of aryl methyl sites for hydroxylation is 1. The van der Waals surface area contributed by atoms with Gasteiger partial charge in [0.2, 0.25) is 0 Å². The zero-order valence-electron chi connectivity index (χ0n) is 12.0. The van der Waals surface area contributed by atoms with Crippen molar-refractivity contribution in [1.29, 1.82) is 0 Å². The van der Waals surface area contributed by atoms with Crippen LogP contribution in [0.2, 0.25) is 0 Å². The summed E-state index contributed by atoms with van der Waals surface area (Å²) in [4.78, 5) is 12.9. The molecular formula is C16H21NO3. The van der Waals surface area contributed by atoms with Crippen molar-refractivity contribution in [2.45, 2.75) is 25.9 Å². The fraction of sp³-hybridized carbons (Fsp3) is 0.438. The lowest BCUT2D eigenvalue weighted by Gasteiger charge is -2.34. The van der Waals surface area contributed by atoms with Crippen molar-refractivity contribution < 1.29 is 14.6 Å². The molecule has 1 N–H and O–H groups in total. The quantitative estimate of drug-likeness (QED) is 0.858. The third kappa shape index (κ3) is 3.61. The summed E-state index contributed by atoms with van der Waals surface area (Å²) in [5.74, 6) is -0.924. The Hall–Kier alpha value is -1.81. The lowest BCUT2D eigenvalue weighted by atomic mass is 10.0. The van der Waals surface area contributed by atoms with Crippen LogP contribution in [-0.2, 0) is 9.53 Å². The van der Waals surface area contributed by atoms with Crippen molar-refractivity contribution in [2.24, 2.45) is 0 Å². The van der Waals surface area contributed by atoms with Gasteiger partial charge in [0.15, 0.2) is 0 Å². The maximum Gasteiger partial charge on any atom is 0.328 e. The number of piperidine rings is 1. The number of benzene rings is 1. The van der Waals surface area contributed by atoms with Crippen LogP contribution in [0.25, 0.3) is 6.08 Å². The van der Waals surface area contributed by atoms with Crippen LogP contribution in [0.15, 0.2) is 24.3 Å². The van der Waals surface area contributed by atoms with Crippen molar-refractivity contribution in [1.82, 2.24) is 0 Å². The van der Waals surface area contributed by atoms with E-state index in [2.05, 4.69) is 11.0 Å². The first-order valence-electron chi connectivity index (χ1n) is 6.89. The second-order valence-corrected chi connectivity index (χ2v) is 5.16. The molecule has 0 aromatic heterocycles. The summed E-state index contributed by atoms with van der Waals surface area (Å²) in [6.45, 7) is 3.96. The fourth-order valence-electron chi connectivity index (χ4n) is 2.57. The van der Waals surface area contributed by atoms with E-state index in [4.69, 9.17) is 9.84 Å². The van der Waals surface area contributed by atoms with Gasteiger partial charge in [-0.2, -0.15) is 0 Å². The Bertz CT molecular complexity index is 510. The number of carboxylic acid groups (broad SMARTS) is 1. The molecule has 1 aliphatic heterocycles. The largest absolute Gasteiger partial charge is 0.478 e. The molecule has 0 radical (unpaired) electrons. The topological polar surface area (TPSA) is 49.8 Å². The van der Waals surface area contributed by atoms with E-state index in [9.17, 15) is 4.79 Å². The number of aliphatic carboxylic acids is 1. The van der Waals surface area contributed by atoms with Gasteiger partial charge in [0.25, 0.3) is 0 Å². The van der Waals surface area contributed by atoms with Crippen molar-refractivity contribution >= 4 is 17.7 Å². The Labute approximate surface area is 119 Å². The molecule has 1 aliphatic rings. The van der Waals surface area contributed by atoms with Crippen molar-refractivity contribution in [3.8, 4) is 0 Å². The first-order chi connectivity index (χ1) is 9.60. The lowest BCUT2D eigenvalue weighted by molar-refractivity contribution is -0.131. The molecule has 4 heteroatoms. The molecule has 0 amide bonds. The smallest absolute Gasteiger partial charge is 0.328 e. The molecule has 2 rings (SSSR count). The average Bonchev–Trinajstić information content (AvgIpc) is 2.46. The number of ether oxygens (including phenoxy) is 1. The highest BCUT2D eigenvalue weighted by atomic mass is 16.5. The van der Waals surface area contributed by atoms with E-state index < -0.39 is 5.97 Å². The summed E-state index contributed by atoms with van der Waals surface area (Å²) in [5, 5.41) is 8.67. The maximum atomic E-state index is 10.6. The van der Waals surface area contributed by atoms with Crippen LogP contribution in [0.1, 0.15) is 24.0 Å². The number of methoxy groups -OCH3 is 1. The molecule has 4 nitrogen and oxygen atoms in total. The van der Waals surface area contributed by atoms with E-state index in [-0.39, 0.29) is 0 Å². The van der Waals surface area contributed by atoms with Gasteiger partial charge in [0.05, 0.1) is 6.10 Å². The SMILES string of the molecule is COC1CCCN(c2ccc(/C=C/C(=O)O)c(C)c2)C1. The molecule has 0 bridgehead atoms. The van der Waals surface area contributed by atoms with Crippen LogP contribution >= 0.6 is 0 Å². The minimum atomic E-state index is -0.924. The van der Waals surface area contributed by atoms with E-state index in [1.807, 2.05) is 19.1 Å². The average molecular weight is 275 g/mol. The van der Waals surface area contributed by atoms with Gasteiger partial charge in [0, 0.05) is 32.0 Å². The van der Waals surface area contributed by atoms with Crippen LogP contribution in [0.5, 0.6) is 0 Å². The zero-order valence-corrected chi connectivity index (χ0v) is 12.0. The standard InChI is InChI=1S/C16H21NO3/c1-12-10-14(7-5-13(12)6-8-16(18)19)17-9-3-4-15(11-17)20-2/h5-8,10,15H,3-4,9,11H2,1-2H3,(H,18,19)/b8-6+. The maximum absolute atomic E-state index is 10.6. The fourth-order valence-corrected chi connectivity index (χ4v) is 2.57. The van der Waals surface area contributed by atoms with Gasteiger partial charge in [-0.1, -0.05) is 6.07 Å². The highest BCUT2D eigenvalue weighted by Crippen LogP contribution is 2.24. The molecule has 1 fully saturated rings. The second-order valence-electron chi connectivity index (χ2n) is 5.16. The highest BCUT2D eigenvalue weighted by Gasteiger charge is 2.19. The van der Waals surface area contributed by atoms with E-state index in [1.165, 1.54) is 11.8 Å². The molecular weight excluding hydrogens is 254 g/mol. The van der Waals surface area contributed by atoms with E-state index in [0.717, 1.165) is 37.1 Å². The molecule has 20 heavy (non-hydrogen) atoms. The summed E-state index contributed by atoms with van der Waals surface area (Å²) >= 11 is 0. The molecule has 1 atom stereocenters. The van der Waals surface area contributed by atoms with Crippen LogP contribution < -0.4 is 4.90 Å². The van der Waals surface area contributed by atoms with Crippen LogP contribution in [0, 0.1) is 6.92 Å². The minimum absolute atomic E-state index is 0.302. The Morgan fingerprint density at radius 2 is 2.30 bits per heavy atom. The highest BCUT2D eigenvalue weighted by molar-refractivity contribution is 5.85. The third-order valence-electron chi connectivity index (χ3n) is 3.74. The molecule has 1 aromatic rings. The molecule has 108 valence electrons. The van der Waals surface area contributed by atoms with E-state index >= 15 is 0 Å². The molecule has 0 spiro atoms. The van der Waals surface area contributed by atoms with Crippen LogP contribution in [0.4, 0.5) is 5.69 Å². The molecule has 1 saturated heterocycles. The predicted octanol–water partition coefficient (Wildman–Crippen LogP) is 2.71. The molecule has 0 saturated carbocycles. The van der Waals surface area contributed by atoms with Gasteiger partial charge >= 0.3 is 5.97 Å². The first kappa shape index (κ1) is 14.6. The minimum Gasteiger partial charge on any atom is -0.478 e. The third-order valence-corrected chi connectivity index (χ3v) is 3.74. The summed E-state index contributed by atoms with van der Waals surface area (Å²) in [5.41, 5.74) is 3.20. The predicted molar refractivity (Wildman–Crippen MR) is 80.1 cm³/mol. The van der Waals surface area contributed by atoms with Gasteiger partial charge in [-0.25, -0.2) is 4.79 Å². The first-order valence-corrected chi connectivity index (χ1v) is 6.89. The van der Waals surface area contributed by atoms with E-state index in [0.29, 0.717) is 6.10 Å². The summed E-state index contributed by atoms with van der Waals surface area (Å²) in [7, 11) is 1.76. The zero-order chi connectivity index (χ0) is 14.5. The Morgan fingerprint density at radius 3 is 2.95 bits per heavy atom. The molecule has 1 heterocycles. The Morgan fingerprint density at radius 1 is 1.50 bits per heavy atom. The lowest BCUT2D eigenvalue weighted by Crippen LogP contribution is -2.39. The number of carboxylic acids is 1. The van der Waals surface area contributed by atoms with Gasteiger partial charge in [0.1, 0.15) is 0 Å². The number of rotatable bonds is 4. The number of hydrogen-bond donors (Lipinski definition) is 1. The van der Waals surface area contributed by atoms with Crippen molar-refractivity contribution in [3.05, 3.63) is 35.4 Å². The van der Waals surface area contributed by atoms with Gasteiger partial charge < -0.3 is 14.7 Å². The monoisotopic (exact) mass is 275 g/mol. The van der Waals surface area contributed by atoms with Crippen LogP contribution in [-0.4, -0.2) is 37.4 Å². The van der Waals surface area contributed by atoms with Gasteiger partial charge in [-0.3, -0.25) is 0 Å². The van der Waals surface area contributed by atoms with Gasteiger partial charge in [-0.05, 0) is 49.1 Å². The van der Waals surface area contributed by atoms with Crippen molar-refractivity contribution in [3.63, 3.8) is 0 Å². The van der Waals surface area contributed by atoms with Crippen LogP contribution in [0.3, 0.4) is 0 Å². The normalized spacial score (nSPS) is 19.5. The van der Waals surface area contributed by atoms with Crippen molar-refractivity contribution in [2.75, 3.05) is 25.1 Å². The van der Waals surface area contributed by atoms with E-state index in [1.54, 1.807) is 13.2 Å². The molecule has 1 aromatic carbocycles. The Balaban J connectivity index is 2.14.